The minimum atomic E-state index is -0.460. The van der Waals surface area contributed by atoms with Crippen molar-refractivity contribution in [1.29, 1.82) is 0 Å². The van der Waals surface area contributed by atoms with Crippen LogP contribution in [0.15, 0.2) is 18.3 Å². The molecule has 5 heteroatoms. The van der Waals surface area contributed by atoms with Crippen LogP contribution in [0.5, 0.6) is 0 Å². The minimum Gasteiger partial charge on any atom is -0.366 e. The van der Waals surface area contributed by atoms with Gasteiger partial charge in [0.2, 0.25) is 5.91 Å². The van der Waals surface area contributed by atoms with E-state index in [1.807, 2.05) is 0 Å². The first-order valence-corrected chi connectivity index (χ1v) is 5.95. The van der Waals surface area contributed by atoms with E-state index in [0.29, 0.717) is 5.56 Å². The number of carbonyl (C=O) groups excluding carboxylic acids is 1. The first kappa shape index (κ1) is 11.9. The molecule has 92 valence electrons. The third-order valence-corrected chi connectivity index (χ3v) is 3.20. The second kappa shape index (κ2) is 5.14. The Morgan fingerprint density at radius 3 is 2.71 bits per heavy atom. The molecule has 0 spiro atoms. The van der Waals surface area contributed by atoms with E-state index in [9.17, 15) is 4.79 Å². The van der Waals surface area contributed by atoms with Crippen LogP contribution in [0.2, 0.25) is 0 Å². The van der Waals surface area contributed by atoms with Gasteiger partial charge in [-0.25, -0.2) is 4.98 Å². The highest BCUT2D eigenvalue weighted by molar-refractivity contribution is 5.92. The Morgan fingerprint density at radius 2 is 2.12 bits per heavy atom. The third-order valence-electron chi connectivity index (χ3n) is 3.20. The van der Waals surface area contributed by atoms with E-state index in [0.717, 1.165) is 18.7 Å². The maximum atomic E-state index is 10.9. The number of rotatable bonds is 3. The fourth-order valence-corrected chi connectivity index (χ4v) is 2.15. The number of nitrogens with zero attached hydrogens (tertiary/aromatic N) is 1. The molecule has 0 bridgehead atoms. The summed E-state index contributed by atoms with van der Waals surface area (Å²) in [7, 11) is 0. The van der Waals surface area contributed by atoms with Crippen molar-refractivity contribution in [3.05, 3.63) is 23.9 Å². The van der Waals surface area contributed by atoms with Crippen LogP contribution >= 0.6 is 0 Å². The number of amides is 1. The van der Waals surface area contributed by atoms with E-state index in [1.165, 1.54) is 19.0 Å². The van der Waals surface area contributed by atoms with Gasteiger partial charge in [-0.1, -0.05) is 12.8 Å². The van der Waals surface area contributed by atoms with Crippen molar-refractivity contribution >= 4 is 11.7 Å². The van der Waals surface area contributed by atoms with Crippen LogP contribution in [-0.2, 0) is 0 Å². The molecule has 0 saturated heterocycles. The summed E-state index contributed by atoms with van der Waals surface area (Å²) in [6, 6.07) is 3.89. The van der Waals surface area contributed by atoms with Gasteiger partial charge < -0.3 is 16.8 Å². The number of nitrogens with one attached hydrogen (secondary N) is 1. The zero-order valence-corrected chi connectivity index (χ0v) is 9.73. The minimum absolute atomic E-state index is 0.182. The van der Waals surface area contributed by atoms with Crippen molar-refractivity contribution < 1.29 is 4.79 Å². The molecular formula is C12H18N4O. The quantitative estimate of drug-likeness (QED) is 0.723. The summed E-state index contributed by atoms with van der Waals surface area (Å²) < 4.78 is 0. The molecule has 5 nitrogen and oxygen atoms in total. The van der Waals surface area contributed by atoms with Crippen LogP contribution < -0.4 is 16.8 Å². The van der Waals surface area contributed by atoms with Gasteiger partial charge in [0.05, 0.1) is 5.56 Å². The van der Waals surface area contributed by atoms with Gasteiger partial charge in [-0.15, -0.1) is 0 Å². The van der Waals surface area contributed by atoms with E-state index in [1.54, 1.807) is 12.1 Å². The number of primary amides is 1. The molecular weight excluding hydrogens is 216 g/mol. The van der Waals surface area contributed by atoms with Crippen LogP contribution in [-0.4, -0.2) is 23.0 Å². The summed E-state index contributed by atoms with van der Waals surface area (Å²) in [6.45, 7) is 0. The average Bonchev–Trinajstić information content (AvgIpc) is 2.33. The Balaban J connectivity index is 2.00. The van der Waals surface area contributed by atoms with Crippen molar-refractivity contribution in [3.63, 3.8) is 0 Å². The van der Waals surface area contributed by atoms with E-state index < -0.39 is 5.91 Å². The summed E-state index contributed by atoms with van der Waals surface area (Å²) in [5, 5.41) is 3.31. The maximum Gasteiger partial charge on any atom is 0.250 e. The highest BCUT2D eigenvalue weighted by Gasteiger charge is 2.21. The SMILES string of the molecule is NC(=O)c1ccc(N[C@@H]2CCCC[C@H]2N)nc1. The van der Waals surface area contributed by atoms with Crippen LogP contribution in [0.1, 0.15) is 36.0 Å². The molecule has 0 radical (unpaired) electrons. The predicted molar refractivity (Wildman–Crippen MR) is 66.6 cm³/mol. The molecule has 1 saturated carbocycles. The summed E-state index contributed by atoms with van der Waals surface area (Å²) >= 11 is 0. The molecule has 1 heterocycles. The van der Waals surface area contributed by atoms with Crippen LogP contribution in [0, 0.1) is 0 Å². The normalized spacial score (nSPS) is 24.3. The summed E-state index contributed by atoms with van der Waals surface area (Å²) in [5.41, 5.74) is 11.6. The van der Waals surface area contributed by atoms with E-state index >= 15 is 0 Å². The van der Waals surface area contributed by atoms with Crippen molar-refractivity contribution in [2.24, 2.45) is 11.5 Å². The molecule has 1 aromatic heterocycles. The van der Waals surface area contributed by atoms with Gasteiger partial charge in [-0.05, 0) is 25.0 Å². The highest BCUT2D eigenvalue weighted by Crippen LogP contribution is 2.20. The van der Waals surface area contributed by atoms with Crippen molar-refractivity contribution in [2.75, 3.05) is 5.32 Å². The lowest BCUT2D eigenvalue weighted by Crippen LogP contribution is -2.42. The molecule has 1 amide bonds. The number of carbonyl (C=O) groups is 1. The lowest BCUT2D eigenvalue weighted by molar-refractivity contribution is 0.1000. The zero-order chi connectivity index (χ0) is 12.3. The lowest BCUT2D eigenvalue weighted by atomic mass is 9.91. The largest absolute Gasteiger partial charge is 0.366 e. The van der Waals surface area contributed by atoms with E-state index in [-0.39, 0.29) is 12.1 Å². The topological polar surface area (TPSA) is 94.0 Å². The molecule has 1 aromatic rings. The summed E-state index contributed by atoms with van der Waals surface area (Å²) in [6.07, 6.45) is 6.01. The van der Waals surface area contributed by atoms with Gasteiger partial charge in [-0.2, -0.15) is 0 Å². The molecule has 2 rings (SSSR count). The fraction of sp³-hybridized carbons (Fsp3) is 0.500. The molecule has 1 aliphatic carbocycles. The van der Waals surface area contributed by atoms with Crippen LogP contribution in [0.4, 0.5) is 5.82 Å². The Hall–Kier alpha value is -1.62. The van der Waals surface area contributed by atoms with E-state index in [4.69, 9.17) is 11.5 Å². The summed E-state index contributed by atoms with van der Waals surface area (Å²) in [5.74, 6) is 0.288. The van der Waals surface area contributed by atoms with Gasteiger partial charge in [0.1, 0.15) is 5.82 Å². The highest BCUT2D eigenvalue weighted by atomic mass is 16.1. The van der Waals surface area contributed by atoms with Gasteiger partial charge >= 0.3 is 0 Å². The van der Waals surface area contributed by atoms with Gasteiger partial charge in [0.25, 0.3) is 0 Å². The number of hydrogen-bond donors (Lipinski definition) is 3. The zero-order valence-electron chi connectivity index (χ0n) is 9.73. The maximum absolute atomic E-state index is 10.9. The third kappa shape index (κ3) is 2.94. The number of anilines is 1. The molecule has 1 fully saturated rings. The molecule has 5 N–H and O–H groups in total. The molecule has 0 aromatic carbocycles. The van der Waals surface area contributed by atoms with Crippen molar-refractivity contribution in [3.8, 4) is 0 Å². The second-order valence-electron chi connectivity index (χ2n) is 4.50. The Bertz CT molecular complexity index is 390. The Kier molecular flexibility index (Phi) is 3.58. The molecule has 2 atom stereocenters. The second-order valence-corrected chi connectivity index (χ2v) is 4.50. The smallest absolute Gasteiger partial charge is 0.250 e. The number of hydrogen-bond acceptors (Lipinski definition) is 4. The molecule has 0 unspecified atom stereocenters. The van der Waals surface area contributed by atoms with Crippen LogP contribution in [0.25, 0.3) is 0 Å². The van der Waals surface area contributed by atoms with Gasteiger partial charge in [0.15, 0.2) is 0 Å². The number of pyridine rings is 1. The molecule has 17 heavy (non-hydrogen) atoms. The molecule has 0 aliphatic heterocycles. The monoisotopic (exact) mass is 234 g/mol. The van der Waals surface area contributed by atoms with Crippen LogP contribution in [0.3, 0.4) is 0 Å². The first-order valence-electron chi connectivity index (χ1n) is 5.95. The Morgan fingerprint density at radius 1 is 1.35 bits per heavy atom. The van der Waals surface area contributed by atoms with Crippen molar-refractivity contribution in [2.45, 2.75) is 37.8 Å². The molecule has 1 aliphatic rings. The predicted octanol–water partition coefficient (Wildman–Crippen LogP) is 0.862. The van der Waals surface area contributed by atoms with Crippen molar-refractivity contribution in [1.82, 2.24) is 4.98 Å². The Labute approximate surface area is 101 Å². The lowest BCUT2D eigenvalue weighted by Gasteiger charge is -2.29. The number of aromatic nitrogens is 1. The van der Waals surface area contributed by atoms with Gasteiger partial charge in [-0.3, -0.25) is 4.79 Å². The van der Waals surface area contributed by atoms with Gasteiger partial charge in [0, 0.05) is 18.3 Å². The average molecular weight is 234 g/mol. The number of nitrogens with two attached hydrogens (primary N) is 2. The fourth-order valence-electron chi connectivity index (χ4n) is 2.15. The standard InChI is InChI=1S/C12H18N4O/c13-9-3-1-2-4-10(9)16-11-6-5-8(7-15-11)12(14)17/h5-7,9-10H,1-4,13H2,(H2,14,17)(H,15,16)/t9-,10-/m1/s1. The van der Waals surface area contributed by atoms with E-state index in [2.05, 4.69) is 10.3 Å². The first-order chi connectivity index (χ1) is 8.16. The summed E-state index contributed by atoms with van der Waals surface area (Å²) in [4.78, 5) is 15.1.